The minimum absolute atomic E-state index is 0.0730. The average molecular weight is 322 g/mol. The molecule has 0 aliphatic carbocycles. The fourth-order valence-electron chi connectivity index (χ4n) is 2.06. The van der Waals surface area contributed by atoms with Crippen LogP contribution in [-0.2, 0) is 9.59 Å². The quantitative estimate of drug-likeness (QED) is 0.841. The average Bonchev–Trinajstić information content (AvgIpc) is 2.85. The van der Waals surface area contributed by atoms with Gasteiger partial charge in [-0.05, 0) is 19.9 Å². The lowest BCUT2D eigenvalue weighted by Crippen LogP contribution is -2.40. The lowest BCUT2D eigenvalue weighted by Gasteiger charge is -2.22. The van der Waals surface area contributed by atoms with Crippen molar-refractivity contribution in [1.82, 2.24) is 14.9 Å². The number of likely N-dealkylation sites (N-methyl/N-ethyl adjacent to an activating group) is 1. The van der Waals surface area contributed by atoms with Crippen molar-refractivity contribution < 1.29 is 14.7 Å². The molecule has 2 rings (SSSR count). The number of carboxylic acids is 1. The molecule has 0 aliphatic heterocycles. The molecule has 0 bridgehead atoms. The molecule has 118 valence electrons. The largest absolute Gasteiger partial charge is 0.481 e. The Morgan fingerprint density at radius 3 is 2.86 bits per heavy atom. The van der Waals surface area contributed by atoms with Crippen molar-refractivity contribution in [2.75, 3.05) is 18.9 Å². The van der Waals surface area contributed by atoms with Gasteiger partial charge < -0.3 is 15.3 Å². The molecule has 2 aromatic rings. The van der Waals surface area contributed by atoms with Crippen molar-refractivity contribution in [2.45, 2.75) is 26.3 Å². The number of thiophene rings is 1. The molecule has 0 aliphatic rings. The van der Waals surface area contributed by atoms with Crippen LogP contribution in [0.2, 0.25) is 0 Å². The number of anilines is 1. The molecule has 8 heteroatoms. The van der Waals surface area contributed by atoms with Crippen molar-refractivity contribution in [2.24, 2.45) is 0 Å². The zero-order valence-corrected chi connectivity index (χ0v) is 13.5. The summed E-state index contributed by atoms with van der Waals surface area (Å²) in [6, 6.07) is 1.48. The van der Waals surface area contributed by atoms with Gasteiger partial charge in [0, 0.05) is 18.5 Å². The number of aryl methyl sites for hydroxylation is 1. The standard InChI is InChI=1S/C14H18N4O3S/c1-8-6-10-12(15-7-16-13(10)22-8)17-9(2)14(21)18(3)5-4-11(19)20/h6-7,9H,4-5H2,1-3H3,(H,19,20)(H,15,16,17). The number of amides is 1. The van der Waals surface area contributed by atoms with E-state index in [1.54, 1.807) is 25.3 Å². The van der Waals surface area contributed by atoms with E-state index in [0.717, 1.165) is 15.1 Å². The van der Waals surface area contributed by atoms with E-state index in [2.05, 4.69) is 15.3 Å². The van der Waals surface area contributed by atoms with Gasteiger partial charge in [-0.2, -0.15) is 0 Å². The Kier molecular flexibility index (Phi) is 4.92. The van der Waals surface area contributed by atoms with Crippen LogP contribution in [0.1, 0.15) is 18.2 Å². The first kappa shape index (κ1) is 16.2. The summed E-state index contributed by atoms with van der Waals surface area (Å²) in [5, 5.41) is 12.6. The van der Waals surface area contributed by atoms with Gasteiger partial charge in [0.25, 0.3) is 0 Å². The second-order valence-corrected chi connectivity index (χ2v) is 6.30. The number of hydrogen-bond donors (Lipinski definition) is 2. The molecule has 2 heterocycles. The molecule has 1 atom stereocenters. The van der Waals surface area contributed by atoms with Gasteiger partial charge in [-0.25, -0.2) is 9.97 Å². The Hall–Kier alpha value is -2.22. The summed E-state index contributed by atoms with van der Waals surface area (Å²) in [4.78, 5) is 34.6. The maximum absolute atomic E-state index is 12.2. The van der Waals surface area contributed by atoms with Gasteiger partial charge >= 0.3 is 5.97 Å². The first-order chi connectivity index (χ1) is 10.4. The number of nitrogens with zero attached hydrogens (tertiary/aromatic N) is 3. The molecule has 2 aromatic heterocycles. The van der Waals surface area contributed by atoms with Crippen LogP contribution in [0.15, 0.2) is 12.4 Å². The molecule has 0 radical (unpaired) electrons. The van der Waals surface area contributed by atoms with Crippen molar-refractivity contribution >= 4 is 39.2 Å². The second-order valence-electron chi connectivity index (χ2n) is 5.07. The highest BCUT2D eigenvalue weighted by Gasteiger charge is 2.19. The number of nitrogens with one attached hydrogen (secondary N) is 1. The van der Waals surface area contributed by atoms with Gasteiger partial charge in [0.15, 0.2) is 0 Å². The van der Waals surface area contributed by atoms with Gasteiger partial charge in [0.2, 0.25) is 5.91 Å². The monoisotopic (exact) mass is 322 g/mol. The Labute approximate surface area is 132 Å². The Balaban J connectivity index is 2.08. The SMILES string of the molecule is Cc1cc2c(NC(C)C(=O)N(C)CCC(=O)O)ncnc2s1. The van der Waals surface area contributed by atoms with Crippen LogP contribution in [0.4, 0.5) is 5.82 Å². The van der Waals surface area contributed by atoms with E-state index in [4.69, 9.17) is 5.11 Å². The Morgan fingerprint density at radius 2 is 2.18 bits per heavy atom. The molecule has 0 saturated carbocycles. The maximum atomic E-state index is 12.2. The summed E-state index contributed by atoms with van der Waals surface area (Å²) in [6.07, 6.45) is 1.39. The third-order valence-corrected chi connectivity index (χ3v) is 4.17. The van der Waals surface area contributed by atoms with Gasteiger partial charge in [-0.15, -0.1) is 11.3 Å². The number of fused-ring (bicyclic) bond motifs is 1. The number of hydrogen-bond acceptors (Lipinski definition) is 6. The molecule has 1 unspecified atom stereocenters. The highest BCUT2D eigenvalue weighted by Crippen LogP contribution is 2.27. The summed E-state index contributed by atoms with van der Waals surface area (Å²) in [5.41, 5.74) is 0. The van der Waals surface area contributed by atoms with Crippen molar-refractivity contribution in [3.8, 4) is 0 Å². The van der Waals surface area contributed by atoms with E-state index in [0.29, 0.717) is 5.82 Å². The Bertz CT molecular complexity index is 700. The lowest BCUT2D eigenvalue weighted by atomic mass is 10.2. The molecular formula is C14H18N4O3S. The molecule has 0 aromatic carbocycles. The van der Waals surface area contributed by atoms with Crippen LogP contribution in [-0.4, -0.2) is 51.5 Å². The fourth-order valence-corrected chi connectivity index (χ4v) is 2.91. The van der Waals surface area contributed by atoms with E-state index < -0.39 is 12.0 Å². The number of carboxylic acid groups (broad SMARTS) is 1. The molecule has 0 saturated heterocycles. The van der Waals surface area contributed by atoms with E-state index >= 15 is 0 Å². The highest BCUT2D eigenvalue weighted by molar-refractivity contribution is 7.18. The fraction of sp³-hybridized carbons (Fsp3) is 0.429. The molecule has 0 fully saturated rings. The smallest absolute Gasteiger partial charge is 0.305 e. The molecular weight excluding hydrogens is 304 g/mol. The summed E-state index contributed by atoms with van der Waals surface area (Å²) >= 11 is 1.57. The predicted octanol–water partition coefficient (Wildman–Crippen LogP) is 1.73. The van der Waals surface area contributed by atoms with E-state index in [-0.39, 0.29) is 18.9 Å². The van der Waals surface area contributed by atoms with Gasteiger partial charge in [0.1, 0.15) is 23.0 Å². The van der Waals surface area contributed by atoms with Crippen LogP contribution < -0.4 is 5.32 Å². The van der Waals surface area contributed by atoms with E-state index in [1.165, 1.54) is 11.2 Å². The van der Waals surface area contributed by atoms with Crippen LogP contribution in [0.3, 0.4) is 0 Å². The predicted molar refractivity (Wildman–Crippen MR) is 85.1 cm³/mol. The maximum Gasteiger partial charge on any atom is 0.305 e. The number of aromatic nitrogens is 2. The summed E-state index contributed by atoms with van der Waals surface area (Å²) < 4.78 is 0. The molecule has 1 amide bonds. The van der Waals surface area contributed by atoms with Gasteiger partial charge in [0.05, 0.1) is 11.8 Å². The number of aliphatic carboxylic acids is 1. The topological polar surface area (TPSA) is 95.4 Å². The van der Waals surface area contributed by atoms with Crippen LogP contribution in [0.5, 0.6) is 0 Å². The molecule has 7 nitrogen and oxygen atoms in total. The zero-order valence-electron chi connectivity index (χ0n) is 12.7. The van der Waals surface area contributed by atoms with Crippen LogP contribution in [0, 0.1) is 6.92 Å². The highest BCUT2D eigenvalue weighted by atomic mass is 32.1. The lowest BCUT2D eigenvalue weighted by molar-refractivity contribution is -0.138. The molecule has 2 N–H and O–H groups in total. The van der Waals surface area contributed by atoms with Crippen molar-refractivity contribution in [1.29, 1.82) is 0 Å². The number of rotatable bonds is 6. The number of carbonyl (C=O) groups is 2. The third-order valence-electron chi connectivity index (χ3n) is 3.21. The first-order valence-electron chi connectivity index (χ1n) is 6.83. The van der Waals surface area contributed by atoms with Crippen molar-refractivity contribution in [3.63, 3.8) is 0 Å². The third kappa shape index (κ3) is 3.70. The summed E-state index contributed by atoms with van der Waals surface area (Å²) in [5.74, 6) is -0.492. The second kappa shape index (κ2) is 6.69. The Morgan fingerprint density at radius 1 is 1.45 bits per heavy atom. The summed E-state index contributed by atoms with van der Waals surface area (Å²) in [7, 11) is 1.59. The first-order valence-corrected chi connectivity index (χ1v) is 7.64. The summed E-state index contributed by atoms with van der Waals surface area (Å²) in [6.45, 7) is 3.90. The number of carbonyl (C=O) groups excluding carboxylic acids is 1. The van der Waals surface area contributed by atoms with Gasteiger partial charge in [-0.1, -0.05) is 0 Å². The van der Waals surface area contributed by atoms with E-state index in [9.17, 15) is 9.59 Å². The van der Waals surface area contributed by atoms with Gasteiger partial charge in [-0.3, -0.25) is 9.59 Å². The minimum atomic E-state index is -0.925. The normalized spacial score (nSPS) is 12.1. The minimum Gasteiger partial charge on any atom is -0.481 e. The van der Waals surface area contributed by atoms with Crippen molar-refractivity contribution in [3.05, 3.63) is 17.3 Å². The van der Waals surface area contributed by atoms with Crippen LogP contribution in [0.25, 0.3) is 10.2 Å². The van der Waals surface area contributed by atoms with Crippen LogP contribution >= 0.6 is 11.3 Å². The zero-order chi connectivity index (χ0) is 16.3. The van der Waals surface area contributed by atoms with E-state index in [1.807, 2.05) is 13.0 Å². The molecule has 0 spiro atoms. The molecule has 22 heavy (non-hydrogen) atoms.